The van der Waals surface area contributed by atoms with Crippen LogP contribution in [0.2, 0.25) is 0 Å². The van der Waals surface area contributed by atoms with Crippen molar-refractivity contribution in [3.63, 3.8) is 0 Å². The Balaban J connectivity index is 2.29. The minimum Gasteiger partial charge on any atom is -0.480 e. The summed E-state index contributed by atoms with van der Waals surface area (Å²) in [7, 11) is 0. The van der Waals surface area contributed by atoms with Crippen LogP contribution in [0.5, 0.6) is 0 Å². The molecule has 1 aromatic carbocycles. The molecule has 2 rings (SSSR count). The largest absolute Gasteiger partial charge is 0.480 e. The van der Waals surface area contributed by atoms with Gasteiger partial charge in [0.2, 0.25) is 0 Å². The molecule has 0 spiro atoms. The average molecular weight is 303 g/mol. The van der Waals surface area contributed by atoms with Gasteiger partial charge in [-0.1, -0.05) is 6.07 Å². The first kappa shape index (κ1) is 9.92. The fourth-order valence-corrected chi connectivity index (χ4v) is 2.21. The average Bonchev–Trinajstić information content (AvgIpc) is 2.16. The van der Waals surface area contributed by atoms with E-state index in [0.29, 0.717) is 13.0 Å². The summed E-state index contributed by atoms with van der Waals surface area (Å²) in [5, 5.41) is 11.9. The number of carbonyl (C=O) groups is 1. The number of aliphatic carboxylic acids is 1. The summed E-state index contributed by atoms with van der Waals surface area (Å²) in [4.78, 5) is 10.8. The number of hydrogen-bond donors (Lipinski definition) is 2. The van der Waals surface area contributed by atoms with Crippen molar-refractivity contribution in [3.05, 3.63) is 32.9 Å². The zero-order valence-electron chi connectivity index (χ0n) is 7.46. The van der Waals surface area contributed by atoms with E-state index in [2.05, 4.69) is 40.0 Å². The molecule has 74 valence electrons. The maximum atomic E-state index is 10.8. The van der Waals surface area contributed by atoms with Crippen LogP contribution in [0.15, 0.2) is 18.2 Å². The van der Waals surface area contributed by atoms with E-state index in [1.807, 2.05) is 6.07 Å². The molecule has 1 aliphatic heterocycles. The lowest BCUT2D eigenvalue weighted by Crippen LogP contribution is -2.41. The molecule has 0 aliphatic carbocycles. The first-order valence-corrected chi connectivity index (χ1v) is 5.48. The Kier molecular flexibility index (Phi) is 2.73. The van der Waals surface area contributed by atoms with Crippen molar-refractivity contribution in [1.29, 1.82) is 0 Å². The molecular weight excluding hydrogens is 293 g/mol. The van der Waals surface area contributed by atoms with Crippen molar-refractivity contribution in [2.24, 2.45) is 0 Å². The summed E-state index contributed by atoms with van der Waals surface area (Å²) in [6.45, 7) is 0.656. The number of carboxylic acid groups (broad SMARTS) is 1. The minimum absolute atomic E-state index is 0.430. The lowest BCUT2D eigenvalue weighted by molar-refractivity contribution is -0.139. The second-order valence-corrected chi connectivity index (χ2v) is 4.63. The van der Waals surface area contributed by atoms with Crippen molar-refractivity contribution in [3.8, 4) is 0 Å². The van der Waals surface area contributed by atoms with E-state index in [1.165, 1.54) is 5.56 Å². The molecular formula is C10H10INO2. The van der Waals surface area contributed by atoms with Crippen LogP contribution in [0.1, 0.15) is 11.1 Å². The van der Waals surface area contributed by atoms with Gasteiger partial charge in [0.15, 0.2) is 0 Å². The molecule has 0 fully saturated rings. The topological polar surface area (TPSA) is 49.3 Å². The molecule has 0 radical (unpaired) electrons. The van der Waals surface area contributed by atoms with Crippen molar-refractivity contribution in [2.45, 2.75) is 19.0 Å². The van der Waals surface area contributed by atoms with Crippen LogP contribution in [0, 0.1) is 3.57 Å². The van der Waals surface area contributed by atoms with Crippen LogP contribution in [-0.2, 0) is 17.8 Å². The number of halogens is 1. The van der Waals surface area contributed by atoms with Crippen LogP contribution in [0.3, 0.4) is 0 Å². The number of hydrogen-bond acceptors (Lipinski definition) is 2. The summed E-state index contributed by atoms with van der Waals surface area (Å²) in [6, 6.07) is 5.73. The first-order chi connectivity index (χ1) is 6.66. The zero-order valence-corrected chi connectivity index (χ0v) is 9.61. The summed E-state index contributed by atoms with van der Waals surface area (Å²) < 4.78 is 1.16. The molecule has 3 nitrogen and oxygen atoms in total. The minimum atomic E-state index is -0.769. The van der Waals surface area contributed by atoms with Crippen LogP contribution in [-0.4, -0.2) is 17.1 Å². The Labute approximate surface area is 95.7 Å². The second-order valence-electron chi connectivity index (χ2n) is 3.39. The predicted octanol–water partition coefficient (Wildman–Crippen LogP) is 1.39. The molecule has 1 heterocycles. The Bertz CT molecular complexity index is 378. The highest BCUT2D eigenvalue weighted by Gasteiger charge is 2.23. The maximum Gasteiger partial charge on any atom is 0.321 e. The highest BCUT2D eigenvalue weighted by Crippen LogP contribution is 2.19. The number of fused-ring (bicyclic) bond motifs is 1. The van der Waals surface area contributed by atoms with Gasteiger partial charge in [0.1, 0.15) is 6.04 Å². The van der Waals surface area contributed by atoms with E-state index in [9.17, 15) is 4.79 Å². The molecule has 4 heteroatoms. The predicted molar refractivity (Wildman–Crippen MR) is 61.1 cm³/mol. The monoisotopic (exact) mass is 303 g/mol. The smallest absolute Gasteiger partial charge is 0.321 e. The Morgan fingerprint density at radius 2 is 2.29 bits per heavy atom. The van der Waals surface area contributed by atoms with Crippen LogP contribution in [0.4, 0.5) is 0 Å². The molecule has 1 atom stereocenters. The van der Waals surface area contributed by atoms with Gasteiger partial charge in [-0.05, 0) is 52.3 Å². The van der Waals surface area contributed by atoms with Gasteiger partial charge in [-0.25, -0.2) is 0 Å². The fourth-order valence-electron chi connectivity index (χ4n) is 1.66. The Morgan fingerprint density at radius 1 is 1.50 bits per heavy atom. The van der Waals surface area contributed by atoms with E-state index in [0.717, 1.165) is 9.13 Å². The van der Waals surface area contributed by atoms with E-state index < -0.39 is 12.0 Å². The summed E-state index contributed by atoms with van der Waals surface area (Å²) in [5.74, 6) is -0.769. The maximum absolute atomic E-state index is 10.8. The van der Waals surface area contributed by atoms with Gasteiger partial charge in [0, 0.05) is 10.1 Å². The van der Waals surface area contributed by atoms with Gasteiger partial charge in [0.25, 0.3) is 0 Å². The molecule has 0 bridgehead atoms. The number of benzene rings is 1. The molecule has 0 saturated carbocycles. The number of rotatable bonds is 1. The molecule has 2 N–H and O–H groups in total. The third-order valence-electron chi connectivity index (χ3n) is 2.43. The highest BCUT2D eigenvalue weighted by atomic mass is 127. The van der Waals surface area contributed by atoms with Gasteiger partial charge in [0.05, 0.1) is 0 Å². The fraction of sp³-hybridized carbons (Fsp3) is 0.300. The van der Waals surface area contributed by atoms with Gasteiger partial charge in [-0.3, -0.25) is 4.79 Å². The SMILES string of the molecule is O=C(O)C1Cc2cc(I)ccc2CN1. The van der Waals surface area contributed by atoms with Crippen molar-refractivity contribution in [2.75, 3.05) is 0 Å². The molecule has 1 aliphatic rings. The molecule has 0 aromatic heterocycles. The van der Waals surface area contributed by atoms with Crippen LogP contribution < -0.4 is 5.32 Å². The van der Waals surface area contributed by atoms with Gasteiger partial charge in [-0.2, -0.15) is 0 Å². The Hall–Kier alpha value is -0.620. The molecule has 0 saturated heterocycles. The molecule has 0 amide bonds. The Morgan fingerprint density at radius 3 is 3.00 bits per heavy atom. The molecule has 14 heavy (non-hydrogen) atoms. The van der Waals surface area contributed by atoms with Crippen molar-refractivity contribution < 1.29 is 9.90 Å². The zero-order chi connectivity index (χ0) is 10.1. The normalized spacial score (nSPS) is 20.2. The van der Waals surface area contributed by atoms with Gasteiger partial charge in [-0.15, -0.1) is 0 Å². The lowest BCUT2D eigenvalue weighted by Gasteiger charge is -2.23. The van der Waals surface area contributed by atoms with E-state index in [-0.39, 0.29) is 0 Å². The van der Waals surface area contributed by atoms with Crippen molar-refractivity contribution >= 4 is 28.6 Å². The van der Waals surface area contributed by atoms with E-state index in [1.54, 1.807) is 0 Å². The quantitative estimate of drug-likeness (QED) is 0.771. The number of carboxylic acids is 1. The van der Waals surface area contributed by atoms with Crippen molar-refractivity contribution in [1.82, 2.24) is 5.32 Å². The third kappa shape index (κ3) is 1.90. The number of nitrogens with one attached hydrogen (secondary N) is 1. The lowest BCUT2D eigenvalue weighted by atomic mass is 9.96. The second kappa shape index (κ2) is 3.86. The van der Waals surface area contributed by atoms with E-state index >= 15 is 0 Å². The van der Waals surface area contributed by atoms with Gasteiger partial charge >= 0.3 is 5.97 Å². The molecule has 1 aromatic rings. The summed E-state index contributed by atoms with van der Waals surface area (Å²) >= 11 is 2.24. The summed E-state index contributed by atoms with van der Waals surface area (Å²) in [6.07, 6.45) is 0.585. The van der Waals surface area contributed by atoms with Gasteiger partial charge < -0.3 is 10.4 Å². The van der Waals surface area contributed by atoms with Crippen LogP contribution >= 0.6 is 22.6 Å². The highest BCUT2D eigenvalue weighted by molar-refractivity contribution is 14.1. The third-order valence-corrected chi connectivity index (χ3v) is 3.10. The van der Waals surface area contributed by atoms with E-state index in [4.69, 9.17) is 5.11 Å². The molecule has 1 unspecified atom stereocenters. The van der Waals surface area contributed by atoms with Crippen LogP contribution in [0.25, 0.3) is 0 Å². The summed E-state index contributed by atoms with van der Waals surface area (Å²) in [5.41, 5.74) is 2.37. The first-order valence-electron chi connectivity index (χ1n) is 4.40. The standard InChI is InChI=1S/C10H10INO2/c11-8-2-1-6-5-12-9(10(13)14)4-7(6)3-8/h1-3,9,12H,4-5H2,(H,13,14).